The molecule has 1 unspecified atom stereocenters. The van der Waals surface area contributed by atoms with Gasteiger partial charge in [-0.05, 0) is 42.9 Å². The minimum absolute atomic E-state index is 0.102. The summed E-state index contributed by atoms with van der Waals surface area (Å²) in [6.45, 7) is 9.95. The number of fused-ring (bicyclic) bond motifs is 1. The molecule has 9 nitrogen and oxygen atoms in total. The van der Waals surface area contributed by atoms with Gasteiger partial charge in [-0.2, -0.15) is 0 Å². The van der Waals surface area contributed by atoms with Gasteiger partial charge in [-0.25, -0.2) is 5.06 Å². The molecule has 1 N–H and O–H groups in total. The quantitative estimate of drug-likeness (QED) is 0.373. The number of hydroxylamine groups is 2. The molecule has 1 saturated heterocycles. The number of carbonyl (C=O) groups is 2. The van der Waals surface area contributed by atoms with E-state index in [0.29, 0.717) is 49.3 Å². The molecule has 4 atom stereocenters. The average Bonchev–Trinajstić information content (AvgIpc) is 3.46. The van der Waals surface area contributed by atoms with Crippen LogP contribution in [-0.2, 0) is 14.4 Å². The summed E-state index contributed by atoms with van der Waals surface area (Å²) in [5, 5.41) is 11.9. The van der Waals surface area contributed by atoms with Gasteiger partial charge in [0.15, 0.2) is 11.5 Å². The van der Waals surface area contributed by atoms with Crippen LogP contribution in [-0.4, -0.2) is 73.1 Å². The van der Waals surface area contributed by atoms with Crippen molar-refractivity contribution in [1.29, 1.82) is 0 Å². The molecular weight excluding hydrogens is 464 g/mol. The largest absolute Gasteiger partial charge is 0.493 e. The molecule has 0 spiro atoms. The second kappa shape index (κ2) is 13.1. The van der Waals surface area contributed by atoms with Gasteiger partial charge in [0.1, 0.15) is 0 Å². The maximum absolute atomic E-state index is 13.3. The van der Waals surface area contributed by atoms with Crippen LogP contribution < -0.4 is 14.2 Å². The Morgan fingerprint density at radius 1 is 1.19 bits per heavy atom. The van der Waals surface area contributed by atoms with Crippen LogP contribution in [0.3, 0.4) is 0 Å². The molecule has 3 rings (SSSR count). The number of rotatable bonds is 14. The molecule has 0 radical (unpaired) electrons. The number of carboxylic acids is 1. The molecule has 1 fully saturated rings. The van der Waals surface area contributed by atoms with Crippen LogP contribution in [0.2, 0.25) is 0 Å². The normalized spacial score (nSPS) is 22.0. The first kappa shape index (κ1) is 28.1. The minimum atomic E-state index is -0.854. The number of amides is 1. The number of hydrogen-bond acceptors (Lipinski definition) is 7. The Morgan fingerprint density at radius 3 is 2.61 bits per heavy atom. The van der Waals surface area contributed by atoms with Crippen LogP contribution in [0.15, 0.2) is 12.1 Å². The first-order valence-electron chi connectivity index (χ1n) is 13.2. The highest BCUT2D eigenvalue weighted by molar-refractivity contribution is 5.78. The number of carboxylic acid groups (broad SMARTS) is 1. The lowest BCUT2D eigenvalue weighted by Crippen LogP contribution is -2.45. The van der Waals surface area contributed by atoms with Crippen molar-refractivity contribution in [3.05, 3.63) is 17.7 Å². The summed E-state index contributed by atoms with van der Waals surface area (Å²) >= 11 is 0. The summed E-state index contributed by atoms with van der Waals surface area (Å²) in [5.74, 6) is -0.0219. The third-order valence-corrected chi connectivity index (χ3v) is 7.06. The smallest absolute Gasteiger partial charge is 0.308 e. The Hall–Kier alpha value is -2.52. The molecule has 0 aromatic heterocycles. The second-order valence-electron chi connectivity index (χ2n) is 9.88. The Kier molecular flexibility index (Phi) is 10.2. The van der Waals surface area contributed by atoms with E-state index in [9.17, 15) is 14.7 Å². The van der Waals surface area contributed by atoms with Crippen molar-refractivity contribution < 1.29 is 33.7 Å². The van der Waals surface area contributed by atoms with Crippen molar-refractivity contribution in [1.82, 2.24) is 9.96 Å². The standard InChI is InChI=1S/C27H42N2O7/c1-6-9-18(4)12-21-25(27(31)32)20(19-13-22(33-5)26-23(14-19)34-17-35-26)15-28(21)16-24(30)29(10-7-2)36-11-8-3/h13-14,18,20-21,25H,6-12,15-17H2,1-5H3,(H,31,32)/t18?,20-,21+,25-/m1/s1. The maximum Gasteiger partial charge on any atom is 0.308 e. The second-order valence-corrected chi connectivity index (χ2v) is 9.88. The first-order valence-corrected chi connectivity index (χ1v) is 13.2. The molecule has 2 aliphatic heterocycles. The average molecular weight is 507 g/mol. The van der Waals surface area contributed by atoms with Gasteiger partial charge < -0.3 is 19.3 Å². The SMILES string of the molecule is CCCON(CCC)C(=O)CN1C[C@H](c2cc(OC)c3c(c2)OCO3)[C@@H](C(=O)O)[C@@H]1CC(C)CCC. The van der Waals surface area contributed by atoms with Gasteiger partial charge in [0, 0.05) is 25.0 Å². The van der Waals surface area contributed by atoms with E-state index in [1.165, 1.54) is 5.06 Å². The molecule has 1 aromatic carbocycles. The van der Waals surface area contributed by atoms with Gasteiger partial charge >= 0.3 is 5.97 Å². The summed E-state index contributed by atoms with van der Waals surface area (Å²) in [6.07, 6.45) is 4.34. The third-order valence-electron chi connectivity index (χ3n) is 7.06. The van der Waals surface area contributed by atoms with Crippen LogP contribution >= 0.6 is 0 Å². The summed E-state index contributed by atoms with van der Waals surface area (Å²) in [5.41, 5.74) is 0.819. The molecule has 0 aliphatic carbocycles. The molecule has 202 valence electrons. The predicted octanol–water partition coefficient (Wildman–Crippen LogP) is 4.30. The van der Waals surface area contributed by atoms with Crippen molar-refractivity contribution in [3.8, 4) is 17.2 Å². The highest BCUT2D eigenvalue weighted by Crippen LogP contribution is 2.47. The fraction of sp³-hybridized carbons (Fsp3) is 0.704. The van der Waals surface area contributed by atoms with E-state index < -0.39 is 11.9 Å². The highest BCUT2D eigenvalue weighted by Gasteiger charge is 2.48. The minimum Gasteiger partial charge on any atom is -0.493 e. The molecule has 1 aromatic rings. The highest BCUT2D eigenvalue weighted by atomic mass is 16.7. The molecule has 2 heterocycles. The lowest BCUT2D eigenvalue weighted by molar-refractivity contribution is -0.188. The molecule has 2 aliphatic rings. The zero-order valence-electron chi connectivity index (χ0n) is 22.3. The monoisotopic (exact) mass is 506 g/mol. The molecule has 1 amide bonds. The van der Waals surface area contributed by atoms with E-state index in [0.717, 1.165) is 31.2 Å². The summed E-state index contributed by atoms with van der Waals surface area (Å²) in [7, 11) is 1.56. The van der Waals surface area contributed by atoms with Crippen LogP contribution in [0.1, 0.15) is 71.3 Å². The lowest BCUT2D eigenvalue weighted by Gasteiger charge is -2.30. The maximum atomic E-state index is 13.3. The number of ether oxygens (including phenoxy) is 3. The van der Waals surface area contributed by atoms with Crippen molar-refractivity contribution in [2.45, 2.75) is 71.8 Å². The van der Waals surface area contributed by atoms with Gasteiger partial charge in [0.05, 0.1) is 26.2 Å². The van der Waals surface area contributed by atoms with Crippen LogP contribution in [0.5, 0.6) is 17.2 Å². The van der Waals surface area contributed by atoms with Gasteiger partial charge in [-0.1, -0.05) is 40.5 Å². The molecule has 36 heavy (non-hydrogen) atoms. The zero-order chi connectivity index (χ0) is 26.2. The van der Waals surface area contributed by atoms with Crippen molar-refractivity contribution in [3.63, 3.8) is 0 Å². The van der Waals surface area contributed by atoms with E-state index in [2.05, 4.69) is 13.8 Å². The summed E-state index contributed by atoms with van der Waals surface area (Å²) < 4.78 is 16.7. The Balaban J connectivity index is 1.93. The summed E-state index contributed by atoms with van der Waals surface area (Å²) in [6, 6.07) is 3.43. The van der Waals surface area contributed by atoms with Crippen LogP contribution in [0, 0.1) is 11.8 Å². The molecule has 0 saturated carbocycles. The third kappa shape index (κ3) is 6.42. The molecule has 0 bridgehead atoms. The van der Waals surface area contributed by atoms with Gasteiger partial charge in [-0.3, -0.25) is 19.3 Å². The number of benzene rings is 1. The fourth-order valence-electron chi connectivity index (χ4n) is 5.43. The molecule has 9 heteroatoms. The Morgan fingerprint density at radius 2 is 1.97 bits per heavy atom. The van der Waals surface area contributed by atoms with Crippen molar-refractivity contribution >= 4 is 11.9 Å². The topological polar surface area (TPSA) is 97.8 Å². The molecular formula is C27H42N2O7. The van der Waals surface area contributed by atoms with Crippen molar-refractivity contribution in [2.75, 3.05) is 40.1 Å². The fourth-order valence-corrected chi connectivity index (χ4v) is 5.43. The van der Waals surface area contributed by atoms with Crippen LogP contribution in [0.4, 0.5) is 0 Å². The van der Waals surface area contributed by atoms with Gasteiger partial charge in [-0.15, -0.1) is 0 Å². The first-order chi connectivity index (χ1) is 17.3. The van der Waals surface area contributed by atoms with E-state index in [4.69, 9.17) is 19.0 Å². The van der Waals surface area contributed by atoms with E-state index in [1.54, 1.807) is 7.11 Å². The number of hydrogen-bond donors (Lipinski definition) is 1. The Bertz CT molecular complexity index is 893. The Labute approximate surface area is 214 Å². The zero-order valence-corrected chi connectivity index (χ0v) is 22.3. The lowest BCUT2D eigenvalue weighted by atomic mass is 9.81. The predicted molar refractivity (Wildman–Crippen MR) is 135 cm³/mol. The number of likely N-dealkylation sites (tertiary alicyclic amines) is 1. The number of aliphatic carboxylic acids is 1. The van der Waals surface area contributed by atoms with E-state index >= 15 is 0 Å². The van der Waals surface area contributed by atoms with Crippen LogP contribution in [0.25, 0.3) is 0 Å². The number of carbonyl (C=O) groups excluding carboxylic acids is 1. The summed E-state index contributed by atoms with van der Waals surface area (Å²) in [4.78, 5) is 33.7. The van der Waals surface area contributed by atoms with Crippen molar-refractivity contribution in [2.24, 2.45) is 11.8 Å². The van der Waals surface area contributed by atoms with E-state index in [1.807, 2.05) is 30.9 Å². The number of nitrogens with zero attached hydrogens (tertiary/aromatic N) is 2. The van der Waals surface area contributed by atoms with Gasteiger partial charge in [0.25, 0.3) is 5.91 Å². The van der Waals surface area contributed by atoms with E-state index in [-0.39, 0.29) is 31.2 Å². The number of methoxy groups -OCH3 is 1. The van der Waals surface area contributed by atoms with Gasteiger partial charge in [0.2, 0.25) is 12.5 Å².